The normalized spacial score (nSPS) is 11.5. The van der Waals surface area contributed by atoms with Crippen molar-refractivity contribution >= 4 is 23.5 Å². The number of hydrogen-bond acceptors (Lipinski definition) is 3. The summed E-state index contributed by atoms with van der Waals surface area (Å²) in [4.78, 5) is 34.8. The maximum absolute atomic E-state index is 14.3. The molecule has 7 heteroatoms. The van der Waals surface area contributed by atoms with Crippen molar-refractivity contribution in [2.75, 3.05) is 5.32 Å². The molecule has 0 bridgehead atoms. The summed E-state index contributed by atoms with van der Waals surface area (Å²) in [6.07, 6.45) is -1.03. The van der Waals surface area contributed by atoms with Crippen molar-refractivity contribution < 1.29 is 23.9 Å². The molecule has 0 radical (unpaired) electrons. The fourth-order valence-electron chi connectivity index (χ4n) is 2.57. The van der Waals surface area contributed by atoms with E-state index in [4.69, 9.17) is 5.11 Å². The van der Waals surface area contributed by atoms with Crippen molar-refractivity contribution in [3.63, 3.8) is 0 Å². The minimum Gasteiger partial charge on any atom is -0.465 e. The third kappa shape index (κ3) is 5.14. The second-order valence-electron chi connectivity index (χ2n) is 5.75. The van der Waals surface area contributed by atoms with Crippen LogP contribution in [0.15, 0.2) is 48.5 Å². The summed E-state index contributed by atoms with van der Waals surface area (Å²) in [5, 5.41) is 13.5. The van der Waals surface area contributed by atoms with E-state index in [1.165, 1.54) is 19.1 Å². The fourth-order valence-corrected chi connectivity index (χ4v) is 2.57. The number of amides is 2. The van der Waals surface area contributed by atoms with E-state index < -0.39 is 23.9 Å². The number of halogens is 1. The Labute approximate surface area is 150 Å². The highest BCUT2D eigenvalue weighted by atomic mass is 19.1. The van der Waals surface area contributed by atoms with Gasteiger partial charge in [0.25, 0.3) is 5.91 Å². The van der Waals surface area contributed by atoms with Crippen LogP contribution >= 0.6 is 0 Å². The number of ketones is 1. The van der Waals surface area contributed by atoms with Gasteiger partial charge in [-0.05, 0) is 43.5 Å². The molecule has 0 fully saturated rings. The van der Waals surface area contributed by atoms with E-state index >= 15 is 0 Å². The molecule has 0 saturated carbocycles. The van der Waals surface area contributed by atoms with Crippen LogP contribution in [0, 0.1) is 5.82 Å². The van der Waals surface area contributed by atoms with Crippen LogP contribution in [0.2, 0.25) is 0 Å². The van der Waals surface area contributed by atoms with E-state index in [2.05, 4.69) is 10.6 Å². The average Bonchev–Trinajstić information content (AvgIpc) is 2.58. The van der Waals surface area contributed by atoms with Crippen molar-refractivity contribution in [1.82, 2.24) is 5.32 Å². The van der Waals surface area contributed by atoms with Gasteiger partial charge in [-0.15, -0.1) is 0 Å². The second kappa shape index (κ2) is 8.75. The van der Waals surface area contributed by atoms with E-state index in [0.29, 0.717) is 11.3 Å². The van der Waals surface area contributed by atoms with Gasteiger partial charge in [0.2, 0.25) is 0 Å². The quantitative estimate of drug-likeness (QED) is 0.708. The molecule has 1 atom stereocenters. The molecule has 2 rings (SSSR count). The van der Waals surface area contributed by atoms with Gasteiger partial charge >= 0.3 is 6.09 Å². The Balaban J connectivity index is 2.19. The first-order valence-corrected chi connectivity index (χ1v) is 8.02. The molecule has 0 heterocycles. The van der Waals surface area contributed by atoms with Crippen LogP contribution in [0.3, 0.4) is 0 Å². The third-order valence-electron chi connectivity index (χ3n) is 3.85. The lowest BCUT2D eigenvalue weighted by molar-refractivity contribution is -0.119. The van der Waals surface area contributed by atoms with Gasteiger partial charge < -0.3 is 15.7 Å². The molecule has 0 aliphatic carbocycles. The van der Waals surface area contributed by atoms with Crippen molar-refractivity contribution in [2.45, 2.75) is 25.8 Å². The van der Waals surface area contributed by atoms with Gasteiger partial charge in [0.15, 0.2) is 5.78 Å². The number of anilines is 1. The third-order valence-corrected chi connectivity index (χ3v) is 3.85. The monoisotopic (exact) mass is 358 g/mol. The summed E-state index contributed by atoms with van der Waals surface area (Å²) >= 11 is 0. The molecule has 6 nitrogen and oxygen atoms in total. The van der Waals surface area contributed by atoms with Crippen molar-refractivity contribution in [3.05, 3.63) is 65.5 Å². The summed E-state index contributed by atoms with van der Waals surface area (Å²) in [7, 11) is 0. The lowest BCUT2D eigenvalue weighted by atomic mass is 9.97. The number of nitrogens with one attached hydrogen (secondary N) is 2. The Morgan fingerprint density at radius 3 is 2.38 bits per heavy atom. The average molecular weight is 358 g/mol. The van der Waals surface area contributed by atoms with Crippen molar-refractivity contribution in [2.24, 2.45) is 0 Å². The summed E-state index contributed by atoms with van der Waals surface area (Å²) < 4.78 is 14.3. The molecular weight excluding hydrogens is 339 g/mol. The Kier molecular flexibility index (Phi) is 6.43. The number of para-hydroxylation sites is 1. The molecule has 2 aromatic rings. The molecule has 0 saturated heterocycles. The van der Waals surface area contributed by atoms with E-state index in [-0.39, 0.29) is 24.2 Å². The first kappa shape index (κ1) is 19.1. The molecule has 3 N–H and O–H groups in total. The number of aryl methyl sites for hydroxylation is 1. The number of Topliss-reactive ketones (excluding diaryl/α,β-unsaturated/α-hetero) is 1. The van der Waals surface area contributed by atoms with Crippen LogP contribution < -0.4 is 10.6 Å². The van der Waals surface area contributed by atoms with Crippen LogP contribution in [0.25, 0.3) is 0 Å². The summed E-state index contributed by atoms with van der Waals surface area (Å²) in [6.45, 7) is 1.27. The molecule has 136 valence electrons. The molecule has 1 unspecified atom stereocenters. The standard InChI is InChI=1S/C19H19FN2O4/c1-12(23)16(22-19(25)26)11-10-13-6-5-9-15(20)17(13)18(24)21-14-7-3-2-4-8-14/h2-9,16,22H,10-11H2,1H3,(H,21,24)(H,25,26). The zero-order valence-electron chi connectivity index (χ0n) is 14.2. The van der Waals surface area contributed by atoms with E-state index in [0.717, 1.165) is 0 Å². The molecule has 2 amide bonds. The SMILES string of the molecule is CC(=O)C(CCc1cccc(F)c1C(=O)Nc1ccccc1)NC(=O)O. The lowest BCUT2D eigenvalue weighted by Crippen LogP contribution is -2.39. The van der Waals surface area contributed by atoms with Gasteiger partial charge in [-0.25, -0.2) is 9.18 Å². The first-order chi connectivity index (χ1) is 12.4. The van der Waals surface area contributed by atoms with Crippen LogP contribution in [0.5, 0.6) is 0 Å². The number of carbonyl (C=O) groups is 3. The van der Waals surface area contributed by atoms with Crippen molar-refractivity contribution in [3.8, 4) is 0 Å². The lowest BCUT2D eigenvalue weighted by Gasteiger charge is -2.15. The highest BCUT2D eigenvalue weighted by Crippen LogP contribution is 2.18. The maximum Gasteiger partial charge on any atom is 0.405 e. The fraction of sp³-hybridized carbons (Fsp3) is 0.211. The topological polar surface area (TPSA) is 95.5 Å². The number of carboxylic acid groups (broad SMARTS) is 1. The molecule has 0 aromatic heterocycles. The van der Waals surface area contributed by atoms with Gasteiger partial charge in [0.1, 0.15) is 5.82 Å². The first-order valence-electron chi connectivity index (χ1n) is 8.02. The summed E-state index contributed by atoms with van der Waals surface area (Å²) in [6, 6.07) is 12.0. The molecule has 26 heavy (non-hydrogen) atoms. The maximum atomic E-state index is 14.3. The predicted octanol–water partition coefficient (Wildman–Crippen LogP) is 3.24. The molecular formula is C19H19FN2O4. The van der Waals surface area contributed by atoms with E-state index in [1.54, 1.807) is 36.4 Å². The van der Waals surface area contributed by atoms with Gasteiger partial charge in [-0.2, -0.15) is 0 Å². The highest BCUT2D eigenvalue weighted by molar-refractivity contribution is 6.05. The van der Waals surface area contributed by atoms with Crippen LogP contribution in [-0.2, 0) is 11.2 Å². The molecule has 0 aliphatic heterocycles. The minimum atomic E-state index is -1.31. The Hall–Kier alpha value is -3.22. The Morgan fingerprint density at radius 1 is 1.08 bits per heavy atom. The Morgan fingerprint density at radius 2 is 1.77 bits per heavy atom. The second-order valence-corrected chi connectivity index (χ2v) is 5.75. The van der Waals surface area contributed by atoms with Crippen LogP contribution in [-0.4, -0.2) is 28.9 Å². The minimum absolute atomic E-state index is 0.117. The van der Waals surface area contributed by atoms with Crippen molar-refractivity contribution in [1.29, 1.82) is 0 Å². The van der Waals surface area contributed by atoms with Gasteiger partial charge in [-0.1, -0.05) is 30.3 Å². The molecule has 2 aromatic carbocycles. The number of benzene rings is 2. The zero-order valence-corrected chi connectivity index (χ0v) is 14.2. The largest absolute Gasteiger partial charge is 0.465 e. The molecule has 0 aliphatic rings. The van der Waals surface area contributed by atoms with Gasteiger partial charge in [0.05, 0.1) is 11.6 Å². The summed E-state index contributed by atoms with van der Waals surface area (Å²) in [5.74, 6) is -1.63. The smallest absolute Gasteiger partial charge is 0.405 e. The number of carbonyl (C=O) groups excluding carboxylic acids is 2. The van der Waals surface area contributed by atoms with Crippen LogP contribution in [0.4, 0.5) is 14.9 Å². The van der Waals surface area contributed by atoms with Gasteiger partial charge in [-0.3, -0.25) is 9.59 Å². The van der Waals surface area contributed by atoms with E-state index in [1.807, 2.05) is 0 Å². The predicted molar refractivity (Wildman–Crippen MR) is 94.7 cm³/mol. The summed E-state index contributed by atoms with van der Waals surface area (Å²) in [5.41, 5.74) is 0.812. The highest BCUT2D eigenvalue weighted by Gasteiger charge is 2.20. The van der Waals surface area contributed by atoms with E-state index in [9.17, 15) is 18.8 Å². The molecule has 0 spiro atoms. The van der Waals surface area contributed by atoms with Crippen LogP contribution in [0.1, 0.15) is 29.3 Å². The number of hydrogen-bond donors (Lipinski definition) is 3. The number of rotatable bonds is 7. The van der Waals surface area contributed by atoms with Gasteiger partial charge in [0, 0.05) is 5.69 Å². The Bertz CT molecular complexity index is 808. The zero-order chi connectivity index (χ0) is 19.1.